The van der Waals surface area contributed by atoms with E-state index < -0.39 is 17.7 Å². The highest BCUT2D eigenvalue weighted by molar-refractivity contribution is 7.23. The second-order valence-corrected chi connectivity index (χ2v) is 11.0. The Morgan fingerprint density at radius 2 is 2.02 bits per heavy atom. The molecule has 0 bridgehead atoms. The highest BCUT2D eigenvalue weighted by Crippen LogP contribution is 2.51. The third-order valence-corrected chi connectivity index (χ3v) is 8.55. The molecule has 6 rings (SSSR count). The van der Waals surface area contributed by atoms with Gasteiger partial charge in [-0.25, -0.2) is 13.8 Å². The maximum atomic E-state index is 16.7. The minimum absolute atomic E-state index is 0.0326. The monoisotopic (exact) mass is 593 g/mol. The lowest BCUT2D eigenvalue weighted by molar-refractivity contribution is 0.229. The molecule has 0 radical (unpaired) electrons. The van der Waals surface area contributed by atoms with Crippen LogP contribution in [0.1, 0.15) is 31.0 Å². The molecule has 9 nitrogen and oxygen atoms in total. The van der Waals surface area contributed by atoms with E-state index in [-0.39, 0.29) is 65.5 Å². The molecule has 0 amide bonds. The molecule has 208 valence electrons. The number of methoxy groups -OCH3 is 1. The molecular formula is C28H22ClF2N7O2S. The summed E-state index contributed by atoms with van der Waals surface area (Å²) in [7, 11) is 1.38. The Hall–Kier alpha value is -4.47. The summed E-state index contributed by atoms with van der Waals surface area (Å²) in [6.07, 6.45) is 1.15. The number of ether oxygens (including phenoxy) is 2. The quantitative estimate of drug-likeness (QED) is 0.248. The molecule has 0 spiro atoms. The number of hydrogen-bond donors (Lipinski definition) is 2. The Balaban J connectivity index is 1.70. The lowest BCUT2D eigenvalue weighted by Crippen LogP contribution is -2.35. The molecule has 0 aliphatic carbocycles. The van der Waals surface area contributed by atoms with Crippen LogP contribution in [0.2, 0.25) is 5.02 Å². The van der Waals surface area contributed by atoms with Gasteiger partial charge >= 0.3 is 6.01 Å². The van der Waals surface area contributed by atoms with Crippen molar-refractivity contribution in [1.82, 2.24) is 15.0 Å². The SMILES string of the molecule is COc1nc2c3c(c(Cl)c(-c4ccc(F)c5sc(N)c(C#N)c45)c(F)c3n1)OC(C)CN2C(C)c1cccnc1N. The number of nitrogen functional groups attached to an aromatic ring is 2. The number of halogens is 3. The minimum Gasteiger partial charge on any atom is -0.486 e. The fourth-order valence-electron chi connectivity index (χ4n) is 5.28. The van der Waals surface area contributed by atoms with Gasteiger partial charge in [0, 0.05) is 22.7 Å². The lowest BCUT2D eigenvalue weighted by Gasteiger charge is -2.31. The summed E-state index contributed by atoms with van der Waals surface area (Å²) in [5.74, 6) is -0.581. The van der Waals surface area contributed by atoms with E-state index in [1.54, 1.807) is 12.3 Å². The van der Waals surface area contributed by atoms with Crippen molar-refractivity contribution in [2.45, 2.75) is 26.0 Å². The van der Waals surface area contributed by atoms with Crippen LogP contribution < -0.4 is 25.8 Å². The molecule has 2 unspecified atom stereocenters. The average Bonchev–Trinajstić information content (AvgIpc) is 3.22. The molecule has 0 saturated heterocycles. The van der Waals surface area contributed by atoms with Gasteiger partial charge in [-0.05, 0) is 31.5 Å². The van der Waals surface area contributed by atoms with E-state index in [0.29, 0.717) is 18.2 Å². The van der Waals surface area contributed by atoms with Crippen molar-refractivity contribution < 1.29 is 18.3 Å². The summed E-state index contributed by atoms with van der Waals surface area (Å²) in [5.41, 5.74) is 13.0. The first-order chi connectivity index (χ1) is 19.7. The third kappa shape index (κ3) is 4.03. The number of fused-ring (bicyclic) bond motifs is 1. The van der Waals surface area contributed by atoms with Crippen LogP contribution in [0.25, 0.3) is 32.1 Å². The fourth-order valence-corrected chi connectivity index (χ4v) is 6.56. The molecule has 2 atom stereocenters. The van der Waals surface area contributed by atoms with E-state index >= 15 is 4.39 Å². The topological polar surface area (TPSA) is 136 Å². The normalized spacial score (nSPS) is 15.4. The van der Waals surface area contributed by atoms with Gasteiger partial charge in [0.2, 0.25) is 0 Å². The van der Waals surface area contributed by atoms with Gasteiger partial charge in [-0.3, -0.25) is 0 Å². The van der Waals surface area contributed by atoms with Gasteiger partial charge in [-0.15, -0.1) is 11.3 Å². The van der Waals surface area contributed by atoms with Crippen molar-refractivity contribution >= 4 is 60.6 Å². The molecule has 41 heavy (non-hydrogen) atoms. The summed E-state index contributed by atoms with van der Waals surface area (Å²) >= 11 is 7.86. The summed E-state index contributed by atoms with van der Waals surface area (Å²) in [4.78, 5) is 15.1. The van der Waals surface area contributed by atoms with E-state index in [1.165, 1.54) is 19.2 Å². The molecule has 0 fully saturated rings. The molecule has 1 aliphatic heterocycles. The van der Waals surface area contributed by atoms with Crippen LogP contribution in [0, 0.1) is 23.0 Å². The van der Waals surface area contributed by atoms with Crippen molar-refractivity contribution in [2.75, 3.05) is 30.0 Å². The van der Waals surface area contributed by atoms with E-state index in [1.807, 2.05) is 30.9 Å². The second kappa shape index (κ2) is 9.87. The molecule has 5 aromatic rings. The first-order valence-corrected chi connectivity index (χ1v) is 13.7. The number of pyridine rings is 1. The highest BCUT2D eigenvalue weighted by atomic mass is 35.5. The second-order valence-electron chi connectivity index (χ2n) is 9.58. The van der Waals surface area contributed by atoms with E-state index in [0.717, 1.165) is 16.9 Å². The van der Waals surface area contributed by atoms with Gasteiger partial charge in [0.25, 0.3) is 0 Å². The Bertz CT molecular complexity index is 1930. The number of rotatable bonds is 4. The van der Waals surface area contributed by atoms with Crippen molar-refractivity contribution in [2.24, 2.45) is 0 Å². The predicted molar refractivity (Wildman–Crippen MR) is 155 cm³/mol. The Labute approximate surface area is 241 Å². The van der Waals surface area contributed by atoms with Crippen molar-refractivity contribution in [3.63, 3.8) is 0 Å². The zero-order chi connectivity index (χ0) is 29.2. The Morgan fingerprint density at radius 1 is 1.24 bits per heavy atom. The van der Waals surface area contributed by atoms with Gasteiger partial charge in [0.05, 0.1) is 40.4 Å². The molecular weight excluding hydrogens is 572 g/mol. The average molecular weight is 594 g/mol. The molecule has 4 N–H and O–H groups in total. The van der Waals surface area contributed by atoms with Crippen LogP contribution in [0.15, 0.2) is 30.5 Å². The van der Waals surface area contributed by atoms with Crippen LogP contribution >= 0.6 is 22.9 Å². The maximum absolute atomic E-state index is 16.7. The number of aromatic nitrogens is 3. The van der Waals surface area contributed by atoms with Gasteiger partial charge < -0.3 is 25.8 Å². The zero-order valence-electron chi connectivity index (χ0n) is 22.0. The van der Waals surface area contributed by atoms with Crippen molar-refractivity contribution in [1.29, 1.82) is 5.26 Å². The lowest BCUT2D eigenvalue weighted by atomic mass is 9.96. The summed E-state index contributed by atoms with van der Waals surface area (Å²) in [6.45, 7) is 4.10. The number of hydrogen-bond acceptors (Lipinski definition) is 10. The third-order valence-electron chi connectivity index (χ3n) is 7.16. The maximum Gasteiger partial charge on any atom is 0.318 e. The number of nitrogens with zero attached hydrogens (tertiary/aromatic N) is 5. The van der Waals surface area contributed by atoms with Crippen molar-refractivity contribution in [3.05, 3.63) is 58.2 Å². The molecule has 2 aromatic carbocycles. The minimum atomic E-state index is -0.816. The van der Waals surface area contributed by atoms with Crippen molar-refractivity contribution in [3.8, 4) is 29.0 Å². The van der Waals surface area contributed by atoms with Crippen LogP contribution in [0.4, 0.5) is 25.4 Å². The number of nitrogens with two attached hydrogens (primary N) is 2. The summed E-state index contributed by atoms with van der Waals surface area (Å²) in [6, 6.07) is 7.76. The Morgan fingerprint density at radius 3 is 2.73 bits per heavy atom. The first kappa shape index (κ1) is 26.7. The predicted octanol–water partition coefficient (Wildman–Crippen LogP) is 6.23. The summed E-state index contributed by atoms with van der Waals surface area (Å²) in [5, 5.41) is 10.2. The van der Waals surface area contributed by atoms with E-state index in [2.05, 4.69) is 15.0 Å². The molecule has 1 aliphatic rings. The highest BCUT2D eigenvalue weighted by Gasteiger charge is 2.35. The van der Waals surface area contributed by atoms with Gasteiger partial charge in [-0.2, -0.15) is 15.2 Å². The standard InChI is InChI=1S/C28H22ClF2N7O2S/c1-11-10-38(12(2)13-5-4-8-35-25(13)33)27-19-22(36-28(37-27)39-3)21(31)18(20(29)23(19)40-11)14-6-7-16(30)24-17(14)15(9-32)26(34)41-24/h4-8,11-12H,10,34H2,1-3H3,(H2,33,35). The van der Waals surface area contributed by atoms with Crippen LogP contribution in [-0.4, -0.2) is 34.7 Å². The van der Waals surface area contributed by atoms with Crippen LogP contribution in [0.5, 0.6) is 11.8 Å². The van der Waals surface area contributed by atoms with Crippen LogP contribution in [-0.2, 0) is 0 Å². The van der Waals surface area contributed by atoms with Crippen LogP contribution in [0.3, 0.4) is 0 Å². The molecule has 3 aromatic heterocycles. The molecule has 13 heteroatoms. The first-order valence-electron chi connectivity index (χ1n) is 12.5. The zero-order valence-corrected chi connectivity index (χ0v) is 23.6. The number of thiophene rings is 1. The van der Waals surface area contributed by atoms with Gasteiger partial charge in [0.15, 0.2) is 11.6 Å². The van der Waals surface area contributed by atoms with E-state index in [4.69, 9.17) is 32.5 Å². The van der Waals surface area contributed by atoms with Gasteiger partial charge in [-0.1, -0.05) is 23.7 Å². The molecule has 0 saturated carbocycles. The molecule has 4 heterocycles. The Kier molecular flexibility index (Phi) is 6.43. The summed E-state index contributed by atoms with van der Waals surface area (Å²) < 4.78 is 43.3. The number of benzene rings is 2. The largest absolute Gasteiger partial charge is 0.486 e. The smallest absolute Gasteiger partial charge is 0.318 e. The number of anilines is 3. The fraction of sp³-hybridized carbons (Fsp3) is 0.214. The van der Waals surface area contributed by atoms with E-state index in [9.17, 15) is 9.65 Å². The number of nitriles is 1. The van der Waals surface area contributed by atoms with Gasteiger partial charge in [0.1, 0.15) is 40.1 Å².